The molecule has 2 atom stereocenters. The molecule has 2 heterocycles. The number of hydrogen-bond acceptors (Lipinski definition) is 5. The highest BCUT2D eigenvalue weighted by molar-refractivity contribution is 7.18. The van der Waals surface area contributed by atoms with E-state index in [1.165, 1.54) is 29.7 Å². The van der Waals surface area contributed by atoms with E-state index >= 15 is 0 Å². The largest absolute Gasteiger partial charge is 0.481 e. The molecule has 2 aromatic heterocycles. The summed E-state index contributed by atoms with van der Waals surface area (Å²) in [7, 11) is 0. The van der Waals surface area contributed by atoms with Crippen LogP contribution in [0.3, 0.4) is 0 Å². The number of anilines is 1. The Kier molecular flexibility index (Phi) is 4.78. The number of nitrogens with one attached hydrogen (secondary N) is 1. The van der Waals surface area contributed by atoms with E-state index in [4.69, 9.17) is 4.98 Å². The van der Waals surface area contributed by atoms with Crippen molar-refractivity contribution in [3.8, 4) is 10.6 Å². The Morgan fingerprint density at radius 3 is 2.62 bits per heavy atom. The van der Waals surface area contributed by atoms with Gasteiger partial charge in [0.1, 0.15) is 10.0 Å². The fraction of sp³-hybridized carbons (Fsp3) is 0.591. The van der Waals surface area contributed by atoms with Gasteiger partial charge in [-0.1, -0.05) is 12.8 Å². The molecule has 0 aromatic carbocycles. The number of amides is 1. The lowest BCUT2D eigenvalue weighted by molar-refractivity contribution is -0.147. The molecule has 2 unspecified atom stereocenters. The molecule has 5 nitrogen and oxygen atoms in total. The molecule has 7 heteroatoms. The third kappa shape index (κ3) is 3.52. The zero-order valence-electron chi connectivity index (χ0n) is 16.6. The minimum absolute atomic E-state index is 0.133. The molecule has 2 aromatic rings. The molecular formula is C22H26N2O3S2. The monoisotopic (exact) mass is 430 g/mol. The van der Waals surface area contributed by atoms with E-state index in [0.29, 0.717) is 18.3 Å². The van der Waals surface area contributed by atoms with Gasteiger partial charge in [0.15, 0.2) is 0 Å². The van der Waals surface area contributed by atoms with Crippen LogP contribution in [0.1, 0.15) is 61.1 Å². The second kappa shape index (κ2) is 7.20. The van der Waals surface area contributed by atoms with Crippen molar-refractivity contribution in [1.82, 2.24) is 4.98 Å². The maximum atomic E-state index is 13.1. The van der Waals surface area contributed by atoms with E-state index in [-0.39, 0.29) is 5.91 Å². The van der Waals surface area contributed by atoms with Crippen LogP contribution in [0.2, 0.25) is 0 Å². The first kappa shape index (κ1) is 19.2. The maximum Gasteiger partial charge on any atom is 0.307 e. The Morgan fingerprint density at radius 1 is 1.21 bits per heavy atom. The summed E-state index contributed by atoms with van der Waals surface area (Å²) in [5, 5.41) is 16.6. The lowest BCUT2D eigenvalue weighted by Crippen LogP contribution is -2.35. The van der Waals surface area contributed by atoms with Crippen LogP contribution in [0.25, 0.3) is 10.6 Å². The van der Waals surface area contributed by atoms with E-state index in [0.717, 1.165) is 46.9 Å². The lowest BCUT2D eigenvalue weighted by Gasteiger charge is -2.27. The van der Waals surface area contributed by atoms with Gasteiger partial charge in [-0.3, -0.25) is 9.59 Å². The second-order valence-corrected chi connectivity index (χ2v) is 11.0. The van der Waals surface area contributed by atoms with Crippen molar-refractivity contribution in [1.29, 1.82) is 0 Å². The molecule has 2 N–H and O–H groups in total. The van der Waals surface area contributed by atoms with Crippen LogP contribution < -0.4 is 5.32 Å². The van der Waals surface area contributed by atoms with E-state index < -0.39 is 17.8 Å². The number of thiazole rings is 1. The van der Waals surface area contributed by atoms with Gasteiger partial charge in [0, 0.05) is 21.5 Å². The molecule has 0 bridgehead atoms. The topological polar surface area (TPSA) is 79.3 Å². The second-order valence-electron chi connectivity index (χ2n) is 9.00. The molecule has 0 aliphatic heterocycles. The molecule has 1 amide bonds. The van der Waals surface area contributed by atoms with Crippen LogP contribution in [-0.4, -0.2) is 22.0 Å². The summed E-state index contributed by atoms with van der Waals surface area (Å²) in [6.45, 7) is 2.00. The number of hydrogen-bond donors (Lipinski definition) is 2. The van der Waals surface area contributed by atoms with Crippen molar-refractivity contribution >= 4 is 39.6 Å². The van der Waals surface area contributed by atoms with E-state index in [1.54, 1.807) is 22.7 Å². The fourth-order valence-corrected chi connectivity index (χ4v) is 7.44. The number of fused-ring (bicyclic) bond motifs is 1. The number of thiophene rings is 1. The van der Waals surface area contributed by atoms with Crippen molar-refractivity contribution < 1.29 is 14.7 Å². The van der Waals surface area contributed by atoms with Gasteiger partial charge in [-0.25, -0.2) is 4.98 Å². The third-order valence-electron chi connectivity index (χ3n) is 6.98. The third-order valence-corrected chi connectivity index (χ3v) is 9.10. The zero-order valence-corrected chi connectivity index (χ0v) is 18.3. The number of aryl methyl sites for hydroxylation is 1. The highest BCUT2D eigenvalue weighted by Gasteiger charge is 2.46. The van der Waals surface area contributed by atoms with E-state index in [9.17, 15) is 14.7 Å². The number of aromatic nitrogens is 1. The molecular weight excluding hydrogens is 404 g/mol. The van der Waals surface area contributed by atoms with E-state index in [2.05, 4.69) is 10.7 Å². The minimum Gasteiger partial charge on any atom is -0.481 e. The number of carboxylic acid groups (broad SMARTS) is 1. The molecule has 3 aliphatic carbocycles. The van der Waals surface area contributed by atoms with Crippen LogP contribution >= 0.6 is 22.7 Å². The molecule has 0 saturated heterocycles. The Morgan fingerprint density at radius 2 is 1.97 bits per heavy atom. The Labute approximate surface area is 178 Å². The summed E-state index contributed by atoms with van der Waals surface area (Å²) in [5.41, 5.74) is 3.95. The molecule has 0 radical (unpaired) electrons. The Balaban J connectivity index is 1.48. The highest BCUT2D eigenvalue weighted by Crippen LogP contribution is 2.58. The first-order chi connectivity index (χ1) is 14.0. The van der Waals surface area contributed by atoms with E-state index in [1.807, 2.05) is 6.92 Å². The predicted octanol–water partition coefficient (Wildman–Crippen LogP) is 5.28. The van der Waals surface area contributed by atoms with Crippen molar-refractivity contribution in [3.63, 3.8) is 0 Å². The molecule has 3 aliphatic rings. The zero-order chi connectivity index (χ0) is 20.2. The summed E-state index contributed by atoms with van der Waals surface area (Å²) in [5.74, 6) is -1.99. The first-order valence-corrected chi connectivity index (χ1v) is 12.3. The van der Waals surface area contributed by atoms with Gasteiger partial charge in [0.2, 0.25) is 5.91 Å². The molecule has 2 fully saturated rings. The van der Waals surface area contributed by atoms with Gasteiger partial charge in [0.05, 0.1) is 11.8 Å². The average Bonchev–Trinajstić information content (AvgIpc) is 3.15. The molecule has 154 valence electrons. The summed E-state index contributed by atoms with van der Waals surface area (Å²) in [4.78, 5) is 30.9. The number of carbonyl (C=O) groups is 2. The lowest BCUT2D eigenvalue weighted by atomic mass is 9.78. The number of carboxylic acids is 1. The van der Waals surface area contributed by atoms with Crippen molar-refractivity contribution in [2.24, 2.45) is 17.3 Å². The molecule has 5 rings (SSSR count). The van der Waals surface area contributed by atoms with Crippen LogP contribution in [0.4, 0.5) is 5.00 Å². The quantitative estimate of drug-likeness (QED) is 0.692. The Bertz CT molecular complexity index is 973. The van der Waals surface area contributed by atoms with Crippen LogP contribution in [0.15, 0.2) is 5.38 Å². The predicted molar refractivity (Wildman–Crippen MR) is 116 cm³/mol. The summed E-state index contributed by atoms with van der Waals surface area (Å²) < 4.78 is 0. The van der Waals surface area contributed by atoms with Crippen LogP contribution in [0, 0.1) is 24.2 Å². The molecule has 29 heavy (non-hydrogen) atoms. The van der Waals surface area contributed by atoms with Gasteiger partial charge in [-0.15, -0.1) is 22.7 Å². The number of rotatable bonds is 4. The minimum atomic E-state index is -0.846. The van der Waals surface area contributed by atoms with Gasteiger partial charge < -0.3 is 10.4 Å². The van der Waals surface area contributed by atoms with Crippen molar-refractivity contribution in [3.05, 3.63) is 21.5 Å². The summed E-state index contributed by atoms with van der Waals surface area (Å²) in [6, 6.07) is 0. The first-order valence-electron chi connectivity index (χ1n) is 10.6. The number of aliphatic carboxylic acids is 1. The Hall–Kier alpha value is -1.73. The standard InChI is InChI=1S/C22H26N2O3S2/c1-12-11-28-19(23-12)17-15-6-7-22(8-9-22)10-16(15)29-20(17)24-18(25)13-4-2-3-5-14(13)21(26)27/h11,13-14H,2-10H2,1H3,(H,24,25)(H,26,27). The normalized spacial score (nSPS) is 24.9. The maximum absolute atomic E-state index is 13.1. The SMILES string of the molecule is Cc1csc(-c2c(NC(=O)C3CCCCC3C(=O)O)sc3c2CCC2(CC2)C3)n1. The van der Waals surface area contributed by atoms with Crippen LogP contribution in [0.5, 0.6) is 0 Å². The fourth-order valence-electron chi connectivity index (χ4n) is 5.07. The summed E-state index contributed by atoms with van der Waals surface area (Å²) >= 11 is 3.33. The smallest absolute Gasteiger partial charge is 0.307 e. The molecule has 2 saturated carbocycles. The van der Waals surface area contributed by atoms with Crippen molar-refractivity contribution in [2.45, 2.75) is 64.7 Å². The average molecular weight is 431 g/mol. The highest BCUT2D eigenvalue weighted by atomic mass is 32.1. The van der Waals surface area contributed by atoms with Gasteiger partial charge >= 0.3 is 5.97 Å². The number of carbonyl (C=O) groups excluding carboxylic acids is 1. The summed E-state index contributed by atoms with van der Waals surface area (Å²) in [6.07, 6.45) is 9.09. The molecule has 1 spiro atoms. The van der Waals surface area contributed by atoms with Gasteiger partial charge in [-0.2, -0.15) is 0 Å². The van der Waals surface area contributed by atoms with Gasteiger partial charge in [0.25, 0.3) is 0 Å². The number of nitrogens with zero attached hydrogens (tertiary/aromatic N) is 1. The van der Waals surface area contributed by atoms with Crippen molar-refractivity contribution in [2.75, 3.05) is 5.32 Å². The van der Waals surface area contributed by atoms with Crippen LogP contribution in [-0.2, 0) is 22.4 Å². The van der Waals surface area contributed by atoms with Gasteiger partial charge in [-0.05, 0) is 62.8 Å².